The van der Waals surface area contributed by atoms with Crippen LogP contribution >= 0.6 is 0 Å². The SMILES string of the molecule is CC(=O)Oc1ccc(Oc2ccc(OC(C)=O)cc2C)cc1. The van der Waals surface area contributed by atoms with E-state index in [-0.39, 0.29) is 11.9 Å². The van der Waals surface area contributed by atoms with Gasteiger partial charge in [-0.25, -0.2) is 0 Å². The van der Waals surface area contributed by atoms with Crippen LogP contribution in [-0.4, -0.2) is 11.9 Å². The van der Waals surface area contributed by atoms with E-state index in [1.54, 1.807) is 42.5 Å². The summed E-state index contributed by atoms with van der Waals surface area (Å²) in [6.45, 7) is 4.55. The van der Waals surface area contributed by atoms with E-state index in [0.717, 1.165) is 5.56 Å². The maximum atomic E-state index is 10.9. The third-order valence-corrected chi connectivity index (χ3v) is 2.72. The number of carbonyl (C=O) groups is 2. The molecular formula is C17H16O5. The lowest BCUT2D eigenvalue weighted by molar-refractivity contribution is -0.132. The minimum Gasteiger partial charge on any atom is -0.457 e. The summed E-state index contributed by atoms with van der Waals surface area (Å²) < 4.78 is 15.7. The van der Waals surface area contributed by atoms with Gasteiger partial charge in [0.15, 0.2) is 0 Å². The van der Waals surface area contributed by atoms with Gasteiger partial charge in [-0.15, -0.1) is 0 Å². The van der Waals surface area contributed by atoms with E-state index in [2.05, 4.69) is 0 Å². The summed E-state index contributed by atoms with van der Waals surface area (Å²) in [5, 5.41) is 0. The predicted molar refractivity (Wildman–Crippen MR) is 80.3 cm³/mol. The van der Waals surface area contributed by atoms with Gasteiger partial charge >= 0.3 is 11.9 Å². The molecule has 0 saturated carbocycles. The van der Waals surface area contributed by atoms with Crippen molar-refractivity contribution in [2.24, 2.45) is 0 Å². The summed E-state index contributed by atoms with van der Waals surface area (Å²) in [5.41, 5.74) is 0.836. The molecule has 0 spiro atoms. The Morgan fingerprint density at radius 2 is 1.27 bits per heavy atom. The Labute approximate surface area is 128 Å². The van der Waals surface area contributed by atoms with Gasteiger partial charge in [-0.1, -0.05) is 0 Å². The number of aryl methyl sites for hydroxylation is 1. The molecule has 0 unspecified atom stereocenters. The summed E-state index contributed by atoms with van der Waals surface area (Å²) in [6.07, 6.45) is 0. The topological polar surface area (TPSA) is 61.8 Å². The Bertz CT molecular complexity index is 689. The maximum absolute atomic E-state index is 10.9. The molecule has 5 nitrogen and oxygen atoms in total. The maximum Gasteiger partial charge on any atom is 0.308 e. The zero-order valence-electron chi connectivity index (χ0n) is 12.6. The number of hydrogen-bond donors (Lipinski definition) is 0. The van der Waals surface area contributed by atoms with Gasteiger partial charge in [0.2, 0.25) is 0 Å². The van der Waals surface area contributed by atoms with E-state index in [9.17, 15) is 9.59 Å². The molecule has 2 aromatic carbocycles. The zero-order chi connectivity index (χ0) is 16.1. The summed E-state index contributed by atoms with van der Waals surface area (Å²) >= 11 is 0. The van der Waals surface area contributed by atoms with Crippen molar-refractivity contribution in [2.75, 3.05) is 0 Å². The second-order valence-corrected chi connectivity index (χ2v) is 4.69. The molecule has 2 rings (SSSR count). The average Bonchev–Trinajstić information content (AvgIpc) is 2.42. The van der Waals surface area contributed by atoms with Crippen LogP contribution in [0.4, 0.5) is 0 Å². The van der Waals surface area contributed by atoms with Crippen LogP contribution in [0.3, 0.4) is 0 Å². The van der Waals surface area contributed by atoms with Crippen LogP contribution in [0, 0.1) is 6.92 Å². The number of esters is 2. The molecule has 0 aliphatic heterocycles. The molecule has 5 heteroatoms. The van der Waals surface area contributed by atoms with Gasteiger partial charge in [-0.2, -0.15) is 0 Å². The van der Waals surface area contributed by atoms with E-state index >= 15 is 0 Å². The molecule has 0 aliphatic rings. The normalized spacial score (nSPS) is 9.95. The third kappa shape index (κ3) is 4.34. The third-order valence-electron chi connectivity index (χ3n) is 2.72. The second-order valence-electron chi connectivity index (χ2n) is 4.69. The molecule has 0 N–H and O–H groups in total. The number of carbonyl (C=O) groups excluding carboxylic acids is 2. The van der Waals surface area contributed by atoms with Crippen molar-refractivity contribution in [1.29, 1.82) is 0 Å². The standard InChI is InChI=1S/C17H16O5/c1-11-10-16(21-13(3)19)8-9-17(11)22-15-6-4-14(5-7-15)20-12(2)18/h4-10H,1-3H3. The van der Waals surface area contributed by atoms with Crippen molar-refractivity contribution in [2.45, 2.75) is 20.8 Å². The number of hydrogen-bond acceptors (Lipinski definition) is 5. The van der Waals surface area contributed by atoms with Gasteiger partial charge in [0.05, 0.1) is 0 Å². The van der Waals surface area contributed by atoms with E-state index in [4.69, 9.17) is 14.2 Å². The van der Waals surface area contributed by atoms with Crippen LogP contribution in [0.1, 0.15) is 19.4 Å². The Morgan fingerprint density at radius 3 is 1.82 bits per heavy atom. The first-order valence-corrected chi connectivity index (χ1v) is 6.69. The minimum atomic E-state index is -0.370. The highest BCUT2D eigenvalue weighted by molar-refractivity contribution is 5.69. The van der Waals surface area contributed by atoms with E-state index in [1.165, 1.54) is 13.8 Å². The first-order valence-electron chi connectivity index (χ1n) is 6.69. The lowest BCUT2D eigenvalue weighted by atomic mass is 10.2. The van der Waals surface area contributed by atoms with Gasteiger partial charge in [-0.3, -0.25) is 9.59 Å². The molecule has 22 heavy (non-hydrogen) atoms. The number of rotatable bonds is 4. The van der Waals surface area contributed by atoms with Crippen LogP contribution in [0.2, 0.25) is 0 Å². The van der Waals surface area contributed by atoms with Crippen molar-refractivity contribution in [3.05, 3.63) is 48.0 Å². The van der Waals surface area contributed by atoms with Crippen molar-refractivity contribution in [1.82, 2.24) is 0 Å². The molecule has 0 saturated heterocycles. The highest BCUT2D eigenvalue weighted by atomic mass is 16.5. The lowest BCUT2D eigenvalue weighted by Crippen LogP contribution is -2.01. The highest BCUT2D eigenvalue weighted by Gasteiger charge is 2.06. The molecule has 114 valence electrons. The Hall–Kier alpha value is -2.82. The van der Waals surface area contributed by atoms with E-state index < -0.39 is 0 Å². The second kappa shape index (κ2) is 6.76. The van der Waals surface area contributed by atoms with Crippen LogP contribution in [-0.2, 0) is 9.59 Å². The van der Waals surface area contributed by atoms with Gasteiger partial charge in [0, 0.05) is 13.8 Å². The van der Waals surface area contributed by atoms with E-state index in [1.807, 2.05) is 6.92 Å². The summed E-state index contributed by atoms with van der Waals surface area (Å²) in [6, 6.07) is 11.8. The Morgan fingerprint density at radius 1 is 0.773 bits per heavy atom. The van der Waals surface area contributed by atoms with Gasteiger partial charge in [0.1, 0.15) is 23.0 Å². The highest BCUT2D eigenvalue weighted by Crippen LogP contribution is 2.29. The number of benzene rings is 2. The molecule has 0 aromatic heterocycles. The predicted octanol–water partition coefficient (Wildman–Crippen LogP) is 3.64. The molecule has 0 radical (unpaired) electrons. The van der Waals surface area contributed by atoms with Crippen LogP contribution in [0.15, 0.2) is 42.5 Å². The fraction of sp³-hybridized carbons (Fsp3) is 0.176. The van der Waals surface area contributed by atoms with Crippen molar-refractivity contribution in [3.8, 4) is 23.0 Å². The molecule has 0 aliphatic carbocycles. The molecule has 2 aromatic rings. The Kier molecular flexibility index (Phi) is 4.78. The monoisotopic (exact) mass is 300 g/mol. The first kappa shape index (κ1) is 15.6. The smallest absolute Gasteiger partial charge is 0.308 e. The fourth-order valence-corrected chi connectivity index (χ4v) is 1.83. The van der Waals surface area contributed by atoms with Gasteiger partial charge in [-0.05, 0) is 55.0 Å². The van der Waals surface area contributed by atoms with Crippen LogP contribution in [0.5, 0.6) is 23.0 Å². The number of ether oxygens (including phenoxy) is 3. The summed E-state index contributed by atoms with van der Waals surface area (Å²) in [5.74, 6) is 1.46. The first-order chi connectivity index (χ1) is 10.4. The lowest BCUT2D eigenvalue weighted by Gasteiger charge is -2.10. The zero-order valence-corrected chi connectivity index (χ0v) is 12.6. The fourth-order valence-electron chi connectivity index (χ4n) is 1.83. The summed E-state index contributed by atoms with van der Waals surface area (Å²) in [7, 11) is 0. The quantitative estimate of drug-likeness (QED) is 0.637. The van der Waals surface area contributed by atoms with Crippen LogP contribution in [0.25, 0.3) is 0 Å². The van der Waals surface area contributed by atoms with E-state index in [0.29, 0.717) is 23.0 Å². The molecule has 0 amide bonds. The Balaban J connectivity index is 2.10. The minimum absolute atomic E-state index is 0.367. The molecule has 0 heterocycles. The van der Waals surface area contributed by atoms with Gasteiger partial charge in [0.25, 0.3) is 0 Å². The average molecular weight is 300 g/mol. The molecule has 0 bridgehead atoms. The van der Waals surface area contributed by atoms with Crippen molar-refractivity contribution >= 4 is 11.9 Å². The van der Waals surface area contributed by atoms with Gasteiger partial charge < -0.3 is 14.2 Å². The summed E-state index contributed by atoms with van der Waals surface area (Å²) in [4.78, 5) is 21.8. The van der Waals surface area contributed by atoms with Crippen LogP contribution < -0.4 is 14.2 Å². The molecule has 0 fully saturated rings. The molecular weight excluding hydrogens is 284 g/mol. The van der Waals surface area contributed by atoms with Crippen molar-refractivity contribution in [3.63, 3.8) is 0 Å². The molecule has 0 atom stereocenters. The van der Waals surface area contributed by atoms with Crippen molar-refractivity contribution < 1.29 is 23.8 Å². The largest absolute Gasteiger partial charge is 0.457 e.